The SMILES string of the molecule is COCCC(=O)N1CCC(=O)C(C(=O)OC)CC1. The topological polar surface area (TPSA) is 72.9 Å². The van der Waals surface area contributed by atoms with Crippen LogP contribution in [0.1, 0.15) is 19.3 Å². The van der Waals surface area contributed by atoms with E-state index in [4.69, 9.17) is 4.74 Å². The Labute approximate surface area is 106 Å². The maximum atomic E-state index is 11.8. The molecule has 0 aromatic rings. The van der Waals surface area contributed by atoms with Crippen LogP contribution in [-0.4, -0.2) is 56.5 Å². The fourth-order valence-corrected chi connectivity index (χ4v) is 1.97. The summed E-state index contributed by atoms with van der Waals surface area (Å²) in [5, 5.41) is 0. The zero-order valence-corrected chi connectivity index (χ0v) is 10.8. The molecule has 1 atom stereocenters. The molecule has 0 radical (unpaired) electrons. The molecule has 0 saturated carbocycles. The number of likely N-dealkylation sites (tertiary alicyclic amines) is 1. The van der Waals surface area contributed by atoms with Crippen molar-refractivity contribution in [3.63, 3.8) is 0 Å². The third kappa shape index (κ3) is 3.80. The zero-order chi connectivity index (χ0) is 13.5. The van der Waals surface area contributed by atoms with E-state index in [2.05, 4.69) is 4.74 Å². The fourth-order valence-electron chi connectivity index (χ4n) is 1.97. The number of ether oxygens (including phenoxy) is 2. The summed E-state index contributed by atoms with van der Waals surface area (Å²) < 4.78 is 9.44. The highest BCUT2D eigenvalue weighted by molar-refractivity contribution is 5.99. The molecule has 1 amide bonds. The lowest BCUT2D eigenvalue weighted by Crippen LogP contribution is -2.32. The maximum Gasteiger partial charge on any atom is 0.316 e. The molecule has 0 aromatic carbocycles. The van der Waals surface area contributed by atoms with Crippen LogP contribution in [0.2, 0.25) is 0 Å². The van der Waals surface area contributed by atoms with Crippen molar-refractivity contribution in [2.24, 2.45) is 5.92 Å². The van der Waals surface area contributed by atoms with Crippen LogP contribution in [0.5, 0.6) is 0 Å². The summed E-state index contributed by atoms with van der Waals surface area (Å²) in [5.74, 6) is -1.43. The van der Waals surface area contributed by atoms with Crippen LogP contribution in [0.3, 0.4) is 0 Å². The van der Waals surface area contributed by atoms with Gasteiger partial charge in [-0.1, -0.05) is 0 Å². The maximum absolute atomic E-state index is 11.8. The quantitative estimate of drug-likeness (QED) is 0.523. The number of hydrogen-bond donors (Lipinski definition) is 0. The summed E-state index contributed by atoms with van der Waals surface area (Å²) in [7, 11) is 2.80. The smallest absolute Gasteiger partial charge is 0.316 e. The van der Waals surface area contributed by atoms with Gasteiger partial charge in [-0.25, -0.2) is 0 Å². The van der Waals surface area contributed by atoms with Gasteiger partial charge in [-0.3, -0.25) is 14.4 Å². The molecule has 0 aromatic heterocycles. The molecule has 0 N–H and O–H groups in total. The molecule has 1 fully saturated rings. The van der Waals surface area contributed by atoms with Gasteiger partial charge in [-0.2, -0.15) is 0 Å². The summed E-state index contributed by atoms with van der Waals surface area (Å²) in [6.07, 6.45) is 0.844. The van der Waals surface area contributed by atoms with E-state index in [1.807, 2.05) is 0 Å². The van der Waals surface area contributed by atoms with Crippen molar-refractivity contribution in [1.82, 2.24) is 4.90 Å². The minimum Gasteiger partial charge on any atom is -0.468 e. The summed E-state index contributed by atoms with van der Waals surface area (Å²) in [6, 6.07) is 0. The van der Waals surface area contributed by atoms with E-state index >= 15 is 0 Å². The van der Waals surface area contributed by atoms with Crippen molar-refractivity contribution >= 4 is 17.7 Å². The number of methoxy groups -OCH3 is 2. The van der Waals surface area contributed by atoms with Crippen LogP contribution in [0.4, 0.5) is 0 Å². The predicted octanol–water partition coefficient (Wildman–Crippen LogP) is 0.00360. The molecule has 1 aliphatic heterocycles. The van der Waals surface area contributed by atoms with Crippen molar-refractivity contribution < 1.29 is 23.9 Å². The highest BCUT2D eigenvalue weighted by Gasteiger charge is 2.31. The first-order valence-electron chi connectivity index (χ1n) is 5.97. The number of amides is 1. The largest absolute Gasteiger partial charge is 0.468 e. The van der Waals surface area contributed by atoms with Gasteiger partial charge < -0.3 is 14.4 Å². The number of esters is 1. The van der Waals surface area contributed by atoms with Crippen LogP contribution in [0.15, 0.2) is 0 Å². The third-order valence-electron chi connectivity index (χ3n) is 3.06. The van der Waals surface area contributed by atoms with Crippen molar-refractivity contribution in [3.8, 4) is 0 Å². The van der Waals surface area contributed by atoms with Crippen LogP contribution in [0, 0.1) is 5.92 Å². The Kier molecular flexibility index (Phi) is 5.77. The first-order chi connectivity index (χ1) is 8.60. The lowest BCUT2D eigenvalue weighted by molar-refractivity contribution is -0.149. The molecular formula is C12H19NO5. The second-order valence-corrected chi connectivity index (χ2v) is 4.20. The molecule has 0 spiro atoms. The van der Waals surface area contributed by atoms with Crippen LogP contribution in [0.25, 0.3) is 0 Å². The second-order valence-electron chi connectivity index (χ2n) is 4.20. The lowest BCUT2D eigenvalue weighted by atomic mass is 10.00. The Morgan fingerprint density at radius 2 is 2.06 bits per heavy atom. The molecule has 18 heavy (non-hydrogen) atoms. The van der Waals surface area contributed by atoms with E-state index in [-0.39, 0.29) is 18.1 Å². The predicted molar refractivity (Wildman–Crippen MR) is 62.8 cm³/mol. The van der Waals surface area contributed by atoms with Crippen molar-refractivity contribution in [3.05, 3.63) is 0 Å². The van der Waals surface area contributed by atoms with E-state index in [1.54, 1.807) is 4.90 Å². The van der Waals surface area contributed by atoms with Gasteiger partial charge in [0.25, 0.3) is 0 Å². The van der Waals surface area contributed by atoms with Crippen LogP contribution in [-0.2, 0) is 23.9 Å². The van der Waals surface area contributed by atoms with E-state index in [0.29, 0.717) is 32.5 Å². The van der Waals surface area contributed by atoms with Gasteiger partial charge in [0.1, 0.15) is 11.7 Å². The van der Waals surface area contributed by atoms with Gasteiger partial charge in [-0.05, 0) is 6.42 Å². The molecule has 1 heterocycles. The van der Waals surface area contributed by atoms with E-state index in [9.17, 15) is 14.4 Å². The van der Waals surface area contributed by atoms with E-state index in [0.717, 1.165) is 0 Å². The van der Waals surface area contributed by atoms with Gasteiger partial charge in [-0.15, -0.1) is 0 Å². The molecule has 1 unspecified atom stereocenters. The van der Waals surface area contributed by atoms with Crippen molar-refractivity contribution in [2.45, 2.75) is 19.3 Å². The molecule has 102 valence electrons. The first kappa shape index (κ1) is 14.6. The second kappa shape index (κ2) is 7.10. The molecule has 6 nitrogen and oxygen atoms in total. The fraction of sp³-hybridized carbons (Fsp3) is 0.750. The van der Waals surface area contributed by atoms with Gasteiger partial charge in [0.05, 0.1) is 20.1 Å². The highest BCUT2D eigenvalue weighted by atomic mass is 16.5. The molecule has 1 aliphatic rings. The van der Waals surface area contributed by atoms with E-state index in [1.165, 1.54) is 14.2 Å². The van der Waals surface area contributed by atoms with E-state index < -0.39 is 11.9 Å². The number of carbonyl (C=O) groups excluding carboxylic acids is 3. The Morgan fingerprint density at radius 3 is 2.67 bits per heavy atom. The third-order valence-corrected chi connectivity index (χ3v) is 3.06. The van der Waals surface area contributed by atoms with Gasteiger partial charge in [0.2, 0.25) is 5.91 Å². The monoisotopic (exact) mass is 257 g/mol. The molecule has 0 aliphatic carbocycles. The van der Waals surface area contributed by atoms with Crippen LogP contribution >= 0.6 is 0 Å². The summed E-state index contributed by atoms with van der Waals surface area (Å²) in [4.78, 5) is 36.5. The minimum absolute atomic E-state index is 0.0461. The number of Topliss-reactive ketones (excluding diaryl/α,β-unsaturated/α-hetero) is 1. The Balaban J connectivity index is 2.56. The minimum atomic E-state index is -0.727. The van der Waals surface area contributed by atoms with Gasteiger partial charge >= 0.3 is 5.97 Å². The number of rotatable bonds is 4. The number of ketones is 1. The van der Waals surface area contributed by atoms with Gasteiger partial charge in [0, 0.05) is 26.6 Å². The molecule has 1 saturated heterocycles. The Morgan fingerprint density at radius 1 is 1.33 bits per heavy atom. The molecule has 0 bridgehead atoms. The summed E-state index contributed by atoms with van der Waals surface area (Å²) in [6.45, 7) is 1.15. The summed E-state index contributed by atoms with van der Waals surface area (Å²) in [5.41, 5.74) is 0. The zero-order valence-electron chi connectivity index (χ0n) is 10.8. The molecule has 6 heteroatoms. The Bertz CT molecular complexity index is 328. The average molecular weight is 257 g/mol. The van der Waals surface area contributed by atoms with Crippen LogP contribution < -0.4 is 0 Å². The molecule has 1 rings (SSSR count). The number of carbonyl (C=O) groups is 3. The summed E-state index contributed by atoms with van der Waals surface area (Å²) >= 11 is 0. The average Bonchev–Trinajstić information content (AvgIpc) is 2.57. The lowest BCUT2D eigenvalue weighted by Gasteiger charge is -2.19. The standard InChI is InChI=1S/C12H19NO5/c1-17-8-5-11(15)13-6-3-9(12(16)18-2)10(14)4-7-13/h9H,3-8H2,1-2H3. The number of hydrogen-bond acceptors (Lipinski definition) is 5. The molecular weight excluding hydrogens is 238 g/mol. The normalized spacial score (nSPS) is 20.4. The number of nitrogens with zero attached hydrogens (tertiary/aromatic N) is 1. The first-order valence-corrected chi connectivity index (χ1v) is 5.97. The van der Waals surface area contributed by atoms with Crippen molar-refractivity contribution in [1.29, 1.82) is 0 Å². The van der Waals surface area contributed by atoms with Gasteiger partial charge in [0.15, 0.2) is 0 Å². The Hall–Kier alpha value is -1.43. The van der Waals surface area contributed by atoms with Crippen molar-refractivity contribution in [2.75, 3.05) is 33.9 Å². The highest BCUT2D eigenvalue weighted by Crippen LogP contribution is 2.16.